The zero-order valence-corrected chi connectivity index (χ0v) is 10.4. The van der Waals surface area contributed by atoms with Crippen LogP contribution in [0, 0.1) is 0 Å². The van der Waals surface area contributed by atoms with Crippen molar-refractivity contribution in [3.05, 3.63) is 0 Å². The van der Waals surface area contributed by atoms with Gasteiger partial charge in [-0.05, 0) is 0 Å². The lowest BCUT2D eigenvalue weighted by Gasteiger charge is -2.38. The molecular weight excluding hydrogens is 402 g/mol. The highest BCUT2D eigenvalue weighted by Crippen LogP contribution is 2.60. The van der Waals surface area contributed by atoms with Crippen LogP contribution in [0.4, 0.5) is 57.1 Å². The number of hydrogen-bond acceptors (Lipinski definition) is 2. The second-order valence-electron chi connectivity index (χ2n) is 3.79. The first-order chi connectivity index (χ1) is 9.50. The van der Waals surface area contributed by atoms with Gasteiger partial charge in [-0.2, -0.15) is 65.5 Å². The van der Waals surface area contributed by atoms with E-state index in [0.717, 1.165) is 0 Å². The van der Waals surface area contributed by atoms with Crippen molar-refractivity contribution in [2.45, 2.75) is 35.1 Å². The second kappa shape index (κ2) is 5.00. The quantitative estimate of drug-likeness (QED) is 0.434. The van der Waals surface area contributed by atoms with Gasteiger partial charge >= 0.3 is 45.2 Å². The summed E-state index contributed by atoms with van der Waals surface area (Å²) >= 11 is 0. The molecule has 0 spiro atoms. The molecule has 0 bridgehead atoms. The molecule has 0 aliphatic carbocycles. The van der Waals surface area contributed by atoms with Gasteiger partial charge in [0, 0.05) is 0 Å². The van der Waals surface area contributed by atoms with Crippen LogP contribution in [0.1, 0.15) is 0 Å². The Morgan fingerprint density at radius 1 is 0.522 bits per heavy atom. The van der Waals surface area contributed by atoms with E-state index < -0.39 is 45.2 Å². The van der Waals surface area contributed by atoms with Gasteiger partial charge in [0.25, 0.3) is 0 Å². The van der Waals surface area contributed by atoms with E-state index in [2.05, 4.69) is 0 Å². The van der Waals surface area contributed by atoms with Crippen molar-refractivity contribution < 1.29 is 70.0 Å². The average molecular weight is 403 g/mol. The second-order valence-corrected chi connectivity index (χ2v) is 5.25. The molecule has 0 radical (unpaired) electrons. The maximum Gasteiger partial charge on any atom is 0.460 e. The van der Waals surface area contributed by atoms with Crippen LogP contribution < -0.4 is 0 Å². The van der Waals surface area contributed by atoms with Crippen molar-refractivity contribution in [2.24, 2.45) is 0 Å². The standard InChI is InChI=1S/C6HF13O3S/c7-1(8,3(11,12)5(15,16)17)2(9,10)4(13,14)6(18,19)23(20,21)22/h(H,20,21,22)/i2+1,4+1,6+1. The Balaban J connectivity index is 6.48. The molecule has 23 heavy (non-hydrogen) atoms. The predicted octanol–water partition coefficient (Wildman–Crippen LogP) is 3.57. The third kappa shape index (κ3) is 2.70. The fourth-order valence-electron chi connectivity index (χ4n) is 0.917. The van der Waals surface area contributed by atoms with Gasteiger partial charge in [0.2, 0.25) is 0 Å². The predicted molar refractivity (Wildman–Crippen MR) is 42.3 cm³/mol. The lowest BCUT2D eigenvalue weighted by atomic mass is 10.2. The summed E-state index contributed by atoms with van der Waals surface area (Å²) in [5.41, 5.74) is 0. The number of rotatable bonds is 5. The van der Waals surface area contributed by atoms with E-state index in [9.17, 15) is 65.5 Å². The van der Waals surface area contributed by atoms with Gasteiger partial charge in [-0.3, -0.25) is 4.55 Å². The first kappa shape index (κ1) is 22.0. The van der Waals surface area contributed by atoms with Crippen molar-refractivity contribution in [1.82, 2.24) is 0 Å². The van der Waals surface area contributed by atoms with Gasteiger partial charge in [-0.1, -0.05) is 0 Å². The summed E-state index contributed by atoms with van der Waals surface area (Å²) in [5, 5.41) is -7.52. The van der Waals surface area contributed by atoms with Crippen molar-refractivity contribution in [2.75, 3.05) is 0 Å². The Bertz CT molecular complexity index is 559. The Morgan fingerprint density at radius 2 is 0.783 bits per heavy atom. The maximum atomic E-state index is 12.7. The topological polar surface area (TPSA) is 54.4 Å². The third-order valence-corrected chi connectivity index (χ3v) is 3.13. The van der Waals surface area contributed by atoms with Crippen molar-refractivity contribution in [3.8, 4) is 0 Å². The zero-order chi connectivity index (χ0) is 19.5. The van der Waals surface area contributed by atoms with Gasteiger partial charge < -0.3 is 0 Å². The van der Waals surface area contributed by atoms with Crippen LogP contribution in [0.15, 0.2) is 0 Å². The lowest BCUT2D eigenvalue weighted by Crippen LogP contribution is -2.71. The van der Waals surface area contributed by atoms with E-state index in [4.69, 9.17) is 4.55 Å². The highest BCUT2D eigenvalue weighted by molar-refractivity contribution is 7.87. The normalized spacial score (nSPS) is 16.6. The fourth-order valence-corrected chi connectivity index (χ4v) is 1.37. The number of halogens is 13. The molecule has 1 N–H and O–H groups in total. The van der Waals surface area contributed by atoms with Gasteiger partial charge in [-0.15, -0.1) is 0 Å². The van der Waals surface area contributed by atoms with Crippen LogP contribution >= 0.6 is 0 Å². The van der Waals surface area contributed by atoms with E-state index in [1.807, 2.05) is 0 Å². The Morgan fingerprint density at radius 3 is 1.00 bits per heavy atom. The molecule has 0 aromatic carbocycles. The van der Waals surface area contributed by atoms with Crippen LogP contribution in [0.3, 0.4) is 0 Å². The first-order valence-electron chi connectivity index (χ1n) is 4.43. The Labute approximate surface area is 116 Å². The Hall–Kier alpha value is -1.00. The van der Waals surface area contributed by atoms with Gasteiger partial charge in [0.1, 0.15) is 0 Å². The minimum absolute atomic E-state index is 7.52. The summed E-state index contributed by atoms with van der Waals surface area (Å²) in [5.74, 6) is -32.5. The molecular formula is C6HF13O3S. The van der Waals surface area contributed by atoms with E-state index in [0.29, 0.717) is 0 Å². The molecule has 0 aliphatic rings. The zero-order valence-electron chi connectivity index (χ0n) is 9.59. The molecule has 0 aromatic heterocycles. The first-order valence-corrected chi connectivity index (χ1v) is 5.87. The Kier molecular flexibility index (Phi) is 4.78. The van der Waals surface area contributed by atoms with Crippen LogP contribution in [-0.2, 0) is 10.1 Å². The third-order valence-electron chi connectivity index (χ3n) is 2.23. The van der Waals surface area contributed by atoms with Crippen molar-refractivity contribution in [3.63, 3.8) is 0 Å². The smallest absolute Gasteiger partial charge is 0.281 e. The fraction of sp³-hybridized carbons (Fsp3) is 1.00. The summed E-state index contributed by atoms with van der Waals surface area (Å²) < 4.78 is 188. The van der Waals surface area contributed by atoms with E-state index in [1.165, 1.54) is 0 Å². The minimum atomic E-state index is -8.25. The van der Waals surface area contributed by atoms with E-state index in [1.54, 1.807) is 0 Å². The molecule has 0 amide bonds. The lowest BCUT2D eigenvalue weighted by molar-refractivity contribution is -0.433. The number of alkyl halides is 13. The highest BCUT2D eigenvalue weighted by Gasteiger charge is 2.92. The van der Waals surface area contributed by atoms with Crippen LogP contribution in [0.5, 0.6) is 0 Å². The monoisotopic (exact) mass is 403 g/mol. The largest absolute Gasteiger partial charge is 0.460 e. The average Bonchev–Trinajstić information content (AvgIpc) is 2.24. The molecule has 0 aromatic rings. The molecule has 0 fully saturated rings. The molecule has 3 nitrogen and oxygen atoms in total. The number of hydrogen-bond donors (Lipinski definition) is 1. The summed E-state index contributed by atoms with van der Waals surface area (Å²) in [6.07, 6.45) is -7.59. The van der Waals surface area contributed by atoms with E-state index in [-0.39, 0.29) is 0 Å². The highest BCUT2D eigenvalue weighted by atomic mass is 32.2. The molecule has 0 atom stereocenters. The van der Waals surface area contributed by atoms with Crippen LogP contribution in [0.2, 0.25) is 0 Å². The van der Waals surface area contributed by atoms with Crippen molar-refractivity contribution >= 4 is 10.1 Å². The SMILES string of the molecule is O=S(=O)(O)[13C](F)(F)[13C](F)(F)[13C](F)(F)C(F)(F)C(F)(F)C(F)(F)F. The van der Waals surface area contributed by atoms with Crippen LogP contribution in [-0.4, -0.2) is 48.1 Å². The molecule has 0 unspecified atom stereocenters. The minimum Gasteiger partial charge on any atom is -0.281 e. The molecule has 0 aliphatic heterocycles. The molecule has 0 rings (SSSR count). The molecule has 140 valence electrons. The molecule has 0 saturated heterocycles. The molecule has 17 heteroatoms. The summed E-state index contributed by atoms with van der Waals surface area (Å²) in [6, 6.07) is 0. The molecule has 0 heterocycles. The van der Waals surface area contributed by atoms with Crippen molar-refractivity contribution in [1.29, 1.82) is 0 Å². The van der Waals surface area contributed by atoms with Crippen LogP contribution in [0.25, 0.3) is 0 Å². The summed E-state index contributed by atoms with van der Waals surface area (Å²) in [4.78, 5) is 0. The summed E-state index contributed by atoms with van der Waals surface area (Å²) in [7, 11) is -7.61. The van der Waals surface area contributed by atoms with Gasteiger partial charge in [0.05, 0.1) is 0 Å². The molecule has 0 saturated carbocycles. The maximum absolute atomic E-state index is 12.7. The summed E-state index contributed by atoms with van der Waals surface area (Å²) in [6.45, 7) is 0. The van der Waals surface area contributed by atoms with Gasteiger partial charge in [-0.25, -0.2) is 0 Å². The van der Waals surface area contributed by atoms with E-state index >= 15 is 0 Å². The van der Waals surface area contributed by atoms with Gasteiger partial charge in [0.15, 0.2) is 0 Å².